The van der Waals surface area contributed by atoms with Crippen molar-refractivity contribution in [2.45, 2.75) is 32.8 Å². The summed E-state index contributed by atoms with van der Waals surface area (Å²) in [6, 6.07) is 41.4. The number of para-hydroxylation sites is 1. The van der Waals surface area contributed by atoms with Crippen LogP contribution in [0, 0.1) is 13.8 Å². The van der Waals surface area contributed by atoms with E-state index in [9.17, 15) is 4.79 Å². The predicted octanol–water partition coefficient (Wildman–Crippen LogP) is 9.14. The molecule has 0 fully saturated rings. The summed E-state index contributed by atoms with van der Waals surface area (Å²) in [4.78, 5) is 12.6. The van der Waals surface area contributed by atoms with Crippen molar-refractivity contribution in [2.24, 2.45) is 0 Å². The zero-order valence-electron chi connectivity index (χ0n) is 24.7. The van der Waals surface area contributed by atoms with Crippen molar-refractivity contribution in [3.8, 4) is 28.0 Å². The molecule has 0 aliphatic rings. The van der Waals surface area contributed by atoms with E-state index in [0.29, 0.717) is 12.2 Å². The lowest BCUT2D eigenvalue weighted by Crippen LogP contribution is -2.31. The SMILES string of the molecule is COC(=O)[C@@H](Cc1ccccc1)Oc1c(C)cc(-c2ccc(-c3c(Cc4ccccc4)oc4ccccc34)cc2)cc1C. The molecular formula is C39H34O4. The lowest BCUT2D eigenvalue weighted by Gasteiger charge is -2.21. The largest absolute Gasteiger partial charge is 0.478 e. The van der Waals surface area contributed by atoms with Gasteiger partial charge in [0.25, 0.3) is 0 Å². The molecule has 4 nitrogen and oxygen atoms in total. The average molecular weight is 567 g/mol. The molecule has 0 amide bonds. The predicted molar refractivity (Wildman–Crippen MR) is 172 cm³/mol. The lowest BCUT2D eigenvalue weighted by molar-refractivity contribution is -0.148. The van der Waals surface area contributed by atoms with Crippen LogP contribution in [0.5, 0.6) is 5.75 Å². The van der Waals surface area contributed by atoms with Crippen LogP contribution >= 0.6 is 0 Å². The summed E-state index contributed by atoms with van der Waals surface area (Å²) in [7, 11) is 1.40. The van der Waals surface area contributed by atoms with Crippen molar-refractivity contribution in [3.63, 3.8) is 0 Å². The Balaban J connectivity index is 1.28. The second-order valence-electron chi connectivity index (χ2n) is 10.9. The van der Waals surface area contributed by atoms with Crippen LogP contribution in [0.3, 0.4) is 0 Å². The quantitative estimate of drug-likeness (QED) is 0.164. The van der Waals surface area contributed by atoms with E-state index in [-0.39, 0.29) is 5.97 Å². The molecule has 43 heavy (non-hydrogen) atoms. The highest BCUT2D eigenvalue weighted by Crippen LogP contribution is 2.38. The molecule has 6 rings (SSSR count). The maximum atomic E-state index is 12.6. The second-order valence-corrected chi connectivity index (χ2v) is 10.9. The first-order valence-electron chi connectivity index (χ1n) is 14.5. The molecule has 6 aromatic rings. The number of carbonyl (C=O) groups excluding carboxylic acids is 1. The van der Waals surface area contributed by atoms with Crippen molar-refractivity contribution in [2.75, 3.05) is 7.11 Å². The van der Waals surface area contributed by atoms with E-state index >= 15 is 0 Å². The molecule has 1 aromatic heterocycles. The smallest absolute Gasteiger partial charge is 0.347 e. The third kappa shape index (κ3) is 6.09. The minimum atomic E-state index is -0.732. The number of esters is 1. The van der Waals surface area contributed by atoms with Crippen LogP contribution in [0.15, 0.2) is 126 Å². The molecule has 0 saturated heterocycles. The van der Waals surface area contributed by atoms with Gasteiger partial charge in [-0.15, -0.1) is 0 Å². The van der Waals surface area contributed by atoms with Crippen molar-refractivity contribution in [1.82, 2.24) is 0 Å². The minimum absolute atomic E-state index is 0.388. The van der Waals surface area contributed by atoms with E-state index in [1.54, 1.807) is 0 Å². The molecule has 1 heterocycles. The molecule has 1 atom stereocenters. The molecule has 0 unspecified atom stereocenters. The summed E-state index contributed by atoms with van der Waals surface area (Å²) in [5, 5.41) is 1.12. The normalized spacial score (nSPS) is 11.8. The zero-order valence-corrected chi connectivity index (χ0v) is 24.7. The number of aryl methyl sites for hydroxylation is 2. The number of methoxy groups -OCH3 is 1. The van der Waals surface area contributed by atoms with Crippen LogP contribution in [0.4, 0.5) is 0 Å². The van der Waals surface area contributed by atoms with Crippen molar-refractivity contribution in [3.05, 3.63) is 149 Å². The fourth-order valence-corrected chi connectivity index (χ4v) is 5.73. The van der Waals surface area contributed by atoms with Crippen LogP contribution in [0.25, 0.3) is 33.2 Å². The molecule has 4 heteroatoms. The number of hydrogen-bond acceptors (Lipinski definition) is 4. The zero-order chi connectivity index (χ0) is 29.8. The molecule has 0 aliphatic carbocycles. The number of hydrogen-bond donors (Lipinski definition) is 0. The molecular weight excluding hydrogens is 532 g/mol. The van der Waals surface area contributed by atoms with E-state index < -0.39 is 6.10 Å². The van der Waals surface area contributed by atoms with E-state index in [2.05, 4.69) is 72.8 Å². The Morgan fingerprint density at radius 2 is 1.28 bits per heavy atom. The number of fused-ring (bicyclic) bond motifs is 1. The van der Waals surface area contributed by atoms with Gasteiger partial charge in [0, 0.05) is 23.8 Å². The highest BCUT2D eigenvalue weighted by molar-refractivity contribution is 5.96. The van der Waals surface area contributed by atoms with E-state index in [0.717, 1.165) is 62.1 Å². The Bertz CT molecular complexity index is 1830. The third-order valence-corrected chi connectivity index (χ3v) is 7.83. The Morgan fingerprint density at radius 1 is 0.698 bits per heavy atom. The van der Waals surface area contributed by atoms with Gasteiger partial charge in [-0.3, -0.25) is 0 Å². The average Bonchev–Trinajstić information content (AvgIpc) is 3.40. The number of carbonyl (C=O) groups is 1. The van der Waals surface area contributed by atoms with Gasteiger partial charge in [-0.05, 0) is 71.0 Å². The topological polar surface area (TPSA) is 48.7 Å². The summed E-state index contributed by atoms with van der Waals surface area (Å²) in [6.45, 7) is 4.04. The maximum Gasteiger partial charge on any atom is 0.347 e. The Morgan fingerprint density at radius 3 is 1.93 bits per heavy atom. The van der Waals surface area contributed by atoms with Gasteiger partial charge in [0.05, 0.1) is 7.11 Å². The number of benzene rings is 5. The van der Waals surface area contributed by atoms with Gasteiger partial charge >= 0.3 is 5.97 Å². The van der Waals surface area contributed by atoms with E-state index in [1.807, 2.05) is 62.4 Å². The number of ether oxygens (including phenoxy) is 2. The summed E-state index contributed by atoms with van der Waals surface area (Å²) in [5.74, 6) is 1.28. The third-order valence-electron chi connectivity index (χ3n) is 7.83. The lowest BCUT2D eigenvalue weighted by atomic mass is 9.95. The van der Waals surface area contributed by atoms with Gasteiger partial charge in [0.2, 0.25) is 0 Å². The second kappa shape index (κ2) is 12.4. The highest BCUT2D eigenvalue weighted by Gasteiger charge is 2.24. The first-order valence-corrected chi connectivity index (χ1v) is 14.5. The molecule has 0 N–H and O–H groups in total. The Hall–Kier alpha value is -5.09. The molecule has 214 valence electrons. The van der Waals surface area contributed by atoms with Gasteiger partial charge in [0.15, 0.2) is 6.10 Å². The van der Waals surface area contributed by atoms with E-state index in [1.165, 1.54) is 12.7 Å². The van der Waals surface area contributed by atoms with Crippen molar-refractivity contribution >= 4 is 16.9 Å². The summed E-state index contributed by atoms with van der Waals surface area (Å²) >= 11 is 0. The van der Waals surface area contributed by atoms with Crippen LogP contribution < -0.4 is 4.74 Å². The standard InChI is InChI=1S/C39H34O4/c1-26-22-32(23-27(2)38(26)43-36(39(40)41-3)25-29-14-8-5-9-15-29)30-18-20-31(21-19-30)37-33-16-10-11-17-34(33)42-35(37)24-28-12-6-4-7-13-28/h4-23,36H,24-25H2,1-3H3/t36-/m1/s1. The van der Waals surface area contributed by atoms with Crippen molar-refractivity contribution in [1.29, 1.82) is 0 Å². The summed E-state index contributed by atoms with van der Waals surface area (Å²) < 4.78 is 17.7. The highest BCUT2D eigenvalue weighted by atomic mass is 16.6. The van der Waals surface area contributed by atoms with Crippen LogP contribution in [0.2, 0.25) is 0 Å². The minimum Gasteiger partial charge on any atom is -0.478 e. The van der Waals surface area contributed by atoms with Crippen LogP contribution in [0.1, 0.15) is 28.0 Å². The van der Waals surface area contributed by atoms with Crippen LogP contribution in [-0.2, 0) is 22.4 Å². The first-order chi connectivity index (χ1) is 21.0. The molecule has 0 spiro atoms. The van der Waals surface area contributed by atoms with Crippen molar-refractivity contribution < 1.29 is 18.7 Å². The summed E-state index contributed by atoms with van der Waals surface area (Å²) in [5.41, 5.74) is 9.50. The Labute approximate surface area is 252 Å². The Kier molecular flexibility index (Phi) is 8.10. The molecule has 0 radical (unpaired) electrons. The molecule has 5 aromatic carbocycles. The monoisotopic (exact) mass is 566 g/mol. The maximum absolute atomic E-state index is 12.6. The fourth-order valence-electron chi connectivity index (χ4n) is 5.73. The van der Waals surface area contributed by atoms with Gasteiger partial charge in [-0.2, -0.15) is 0 Å². The van der Waals surface area contributed by atoms with Gasteiger partial charge < -0.3 is 13.9 Å². The molecule has 0 saturated carbocycles. The van der Waals surface area contributed by atoms with E-state index in [4.69, 9.17) is 13.9 Å². The van der Waals surface area contributed by atoms with Gasteiger partial charge in [-0.25, -0.2) is 4.79 Å². The first kappa shape index (κ1) is 28.0. The van der Waals surface area contributed by atoms with Crippen LogP contribution in [-0.4, -0.2) is 19.2 Å². The van der Waals surface area contributed by atoms with Gasteiger partial charge in [-0.1, -0.05) is 103 Å². The number of furan rings is 1. The fraction of sp³-hybridized carbons (Fsp3) is 0.154. The number of rotatable bonds is 9. The molecule has 0 bridgehead atoms. The van der Waals surface area contributed by atoms with Gasteiger partial charge in [0.1, 0.15) is 17.1 Å². The molecule has 0 aliphatic heterocycles. The summed E-state index contributed by atoms with van der Waals surface area (Å²) in [6.07, 6.45) is 0.429.